The van der Waals surface area contributed by atoms with Crippen LogP contribution in [0, 0.1) is 10.8 Å². The highest BCUT2D eigenvalue weighted by atomic mass is 16.4. The van der Waals surface area contributed by atoms with Crippen molar-refractivity contribution in [2.45, 2.75) is 71.8 Å². The summed E-state index contributed by atoms with van der Waals surface area (Å²) in [5.41, 5.74) is 5.11. The van der Waals surface area contributed by atoms with Crippen molar-refractivity contribution >= 4 is 11.9 Å². The zero-order valence-corrected chi connectivity index (χ0v) is 13.6. The van der Waals surface area contributed by atoms with E-state index in [0.29, 0.717) is 6.54 Å². The van der Waals surface area contributed by atoms with Crippen molar-refractivity contribution in [3.05, 3.63) is 0 Å². The van der Waals surface area contributed by atoms with Crippen LogP contribution in [-0.2, 0) is 9.59 Å². The first-order valence-corrected chi connectivity index (χ1v) is 7.94. The standard InChI is InChI=1S/C16H30N2O3/c1-15(2,3)12(10-13(19)20)18-14(21)16(11-17)8-6-4-5-7-9-16/h12H,4-11,17H2,1-3H3,(H,18,21)(H,19,20). The molecule has 1 aliphatic rings. The van der Waals surface area contributed by atoms with E-state index < -0.39 is 11.4 Å². The van der Waals surface area contributed by atoms with Crippen LogP contribution in [0.15, 0.2) is 0 Å². The van der Waals surface area contributed by atoms with Gasteiger partial charge in [0.25, 0.3) is 0 Å². The largest absolute Gasteiger partial charge is 0.481 e. The number of carboxylic acid groups (broad SMARTS) is 1. The van der Waals surface area contributed by atoms with Gasteiger partial charge < -0.3 is 16.2 Å². The molecule has 1 atom stereocenters. The Morgan fingerprint density at radius 3 is 2.10 bits per heavy atom. The number of aliphatic carboxylic acids is 1. The molecule has 122 valence electrons. The Bertz CT molecular complexity index is 366. The Morgan fingerprint density at radius 2 is 1.71 bits per heavy atom. The van der Waals surface area contributed by atoms with Crippen molar-refractivity contribution in [1.29, 1.82) is 0 Å². The van der Waals surface area contributed by atoms with Gasteiger partial charge in [-0.1, -0.05) is 46.5 Å². The summed E-state index contributed by atoms with van der Waals surface area (Å²) in [7, 11) is 0. The summed E-state index contributed by atoms with van der Waals surface area (Å²) >= 11 is 0. The number of carbonyl (C=O) groups excluding carboxylic acids is 1. The van der Waals surface area contributed by atoms with Gasteiger partial charge in [0.05, 0.1) is 11.8 Å². The average Bonchev–Trinajstić information content (AvgIpc) is 2.62. The van der Waals surface area contributed by atoms with Crippen molar-refractivity contribution < 1.29 is 14.7 Å². The highest BCUT2D eigenvalue weighted by Crippen LogP contribution is 2.35. The van der Waals surface area contributed by atoms with Gasteiger partial charge >= 0.3 is 5.97 Å². The molecular formula is C16H30N2O3. The van der Waals surface area contributed by atoms with E-state index >= 15 is 0 Å². The van der Waals surface area contributed by atoms with Crippen LogP contribution in [0.4, 0.5) is 0 Å². The molecule has 0 bridgehead atoms. The van der Waals surface area contributed by atoms with Crippen molar-refractivity contribution in [1.82, 2.24) is 5.32 Å². The summed E-state index contributed by atoms with van der Waals surface area (Å²) in [4.78, 5) is 23.8. The molecule has 1 aliphatic carbocycles. The molecule has 1 unspecified atom stereocenters. The van der Waals surface area contributed by atoms with Gasteiger partial charge in [0, 0.05) is 12.6 Å². The number of nitrogens with two attached hydrogens (primary N) is 1. The van der Waals surface area contributed by atoms with E-state index in [1.807, 2.05) is 20.8 Å². The SMILES string of the molecule is CC(C)(C)C(CC(=O)O)NC(=O)C1(CN)CCCCCC1. The number of carboxylic acids is 1. The molecule has 0 aromatic carbocycles. The molecule has 1 fully saturated rings. The van der Waals surface area contributed by atoms with Crippen molar-refractivity contribution in [2.75, 3.05) is 6.54 Å². The van der Waals surface area contributed by atoms with E-state index in [1.54, 1.807) is 0 Å². The number of hydrogen-bond acceptors (Lipinski definition) is 3. The smallest absolute Gasteiger partial charge is 0.305 e. The van der Waals surface area contributed by atoms with E-state index in [4.69, 9.17) is 10.8 Å². The number of hydrogen-bond donors (Lipinski definition) is 3. The molecule has 0 radical (unpaired) electrons. The maximum absolute atomic E-state index is 12.8. The van der Waals surface area contributed by atoms with Gasteiger partial charge in [0.2, 0.25) is 5.91 Å². The zero-order chi connectivity index (χ0) is 16.1. The molecular weight excluding hydrogens is 268 g/mol. The minimum absolute atomic E-state index is 0.0596. The van der Waals surface area contributed by atoms with Crippen LogP contribution in [0.3, 0.4) is 0 Å². The third kappa shape index (κ3) is 4.99. The van der Waals surface area contributed by atoms with Gasteiger partial charge in [-0.3, -0.25) is 9.59 Å². The Morgan fingerprint density at radius 1 is 1.19 bits per heavy atom. The van der Waals surface area contributed by atoms with Gasteiger partial charge in [0.15, 0.2) is 0 Å². The second-order valence-electron chi connectivity index (χ2n) is 7.39. The monoisotopic (exact) mass is 298 g/mol. The second kappa shape index (κ2) is 7.25. The van der Waals surface area contributed by atoms with Gasteiger partial charge in [-0.25, -0.2) is 0 Å². The zero-order valence-electron chi connectivity index (χ0n) is 13.6. The van der Waals surface area contributed by atoms with Crippen LogP contribution in [0.2, 0.25) is 0 Å². The Balaban J connectivity index is 2.85. The number of rotatable bonds is 5. The third-order valence-electron chi connectivity index (χ3n) is 4.66. The quantitative estimate of drug-likeness (QED) is 0.679. The Labute approximate surface area is 127 Å². The van der Waals surface area contributed by atoms with Crippen LogP contribution < -0.4 is 11.1 Å². The molecule has 21 heavy (non-hydrogen) atoms. The van der Waals surface area contributed by atoms with Crippen molar-refractivity contribution in [3.63, 3.8) is 0 Å². The van der Waals surface area contributed by atoms with E-state index in [2.05, 4.69) is 5.32 Å². The number of amides is 1. The van der Waals surface area contributed by atoms with Gasteiger partial charge in [-0.15, -0.1) is 0 Å². The van der Waals surface area contributed by atoms with Crippen molar-refractivity contribution in [3.8, 4) is 0 Å². The Hall–Kier alpha value is -1.10. The lowest BCUT2D eigenvalue weighted by Crippen LogP contribution is -2.53. The van der Waals surface area contributed by atoms with Crippen LogP contribution in [0.25, 0.3) is 0 Å². The summed E-state index contributed by atoms with van der Waals surface area (Å²) in [5.74, 6) is -0.953. The van der Waals surface area contributed by atoms with Crippen LogP contribution in [-0.4, -0.2) is 29.6 Å². The lowest BCUT2D eigenvalue weighted by Gasteiger charge is -2.36. The Kier molecular flexibility index (Phi) is 6.20. The maximum Gasteiger partial charge on any atom is 0.305 e. The lowest BCUT2D eigenvalue weighted by atomic mass is 9.78. The molecule has 1 saturated carbocycles. The van der Waals surface area contributed by atoms with Crippen LogP contribution >= 0.6 is 0 Å². The first-order valence-electron chi connectivity index (χ1n) is 7.94. The fourth-order valence-electron chi connectivity index (χ4n) is 2.99. The number of carbonyl (C=O) groups is 2. The van der Waals surface area contributed by atoms with E-state index in [9.17, 15) is 9.59 Å². The molecule has 0 saturated heterocycles. The molecule has 4 N–H and O–H groups in total. The summed E-state index contributed by atoms with van der Waals surface area (Å²) in [5, 5.41) is 12.0. The van der Waals surface area contributed by atoms with E-state index in [-0.39, 0.29) is 23.8 Å². The first-order chi connectivity index (χ1) is 9.71. The van der Waals surface area contributed by atoms with Crippen LogP contribution in [0.1, 0.15) is 65.7 Å². The van der Waals surface area contributed by atoms with Crippen LogP contribution in [0.5, 0.6) is 0 Å². The van der Waals surface area contributed by atoms with E-state index in [1.165, 1.54) is 0 Å². The van der Waals surface area contributed by atoms with E-state index in [0.717, 1.165) is 38.5 Å². The molecule has 5 heteroatoms. The lowest BCUT2D eigenvalue weighted by molar-refractivity contribution is -0.139. The second-order valence-corrected chi connectivity index (χ2v) is 7.39. The third-order valence-corrected chi connectivity index (χ3v) is 4.66. The fourth-order valence-corrected chi connectivity index (χ4v) is 2.99. The molecule has 1 amide bonds. The number of nitrogens with one attached hydrogen (secondary N) is 1. The first kappa shape index (κ1) is 18.0. The minimum Gasteiger partial charge on any atom is -0.481 e. The molecule has 0 aromatic heterocycles. The summed E-state index contributed by atoms with van der Waals surface area (Å²) < 4.78 is 0. The summed E-state index contributed by atoms with van der Waals surface area (Å²) in [6, 6.07) is -0.380. The highest BCUT2D eigenvalue weighted by molar-refractivity contribution is 5.84. The van der Waals surface area contributed by atoms with Gasteiger partial charge in [0.1, 0.15) is 0 Å². The normalized spacial score (nSPS) is 20.4. The van der Waals surface area contributed by atoms with Crippen molar-refractivity contribution in [2.24, 2.45) is 16.6 Å². The molecule has 5 nitrogen and oxygen atoms in total. The molecule has 1 rings (SSSR count). The predicted molar refractivity (Wildman–Crippen MR) is 82.8 cm³/mol. The molecule has 0 aromatic rings. The van der Waals surface area contributed by atoms with Gasteiger partial charge in [-0.2, -0.15) is 0 Å². The highest BCUT2D eigenvalue weighted by Gasteiger charge is 2.40. The topological polar surface area (TPSA) is 92.4 Å². The van der Waals surface area contributed by atoms with Gasteiger partial charge in [-0.05, 0) is 18.3 Å². The molecule has 0 heterocycles. The minimum atomic E-state index is -0.891. The fraction of sp³-hybridized carbons (Fsp3) is 0.875. The predicted octanol–water partition coefficient (Wildman–Crippen LogP) is 2.29. The average molecular weight is 298 g/mol. The maximum atomic E-state index is 12.8. The molecule has 0 aliphatic heterocycles. The summed E-state index contributed by atoms with van der Waals surface area (Å²) in [6.07, 6.45) is 5.88. The molecule has 0 spiro atoms. The summed E-state index contributed by atoms with van der Waals surface area (Å²) in [6.45, 7) is 6.18.